The van der Waals surface area contributed by atoms with Crippen molar-refractivity contribution in [3.63, 3.8) is 0 Å². The van der Waals surface area contributed by atoms with Crippen LogP contribution in [0.2, 0.25) is 0 Å². The van der Waals surface area contributed by atoms with Gasteiger partial charge >= 0.3 is 0 Å². The molecule has 1 aliphatic rings. The molecular weight excluding hydrogens is 194 g/mol. The maximum Gasteiger partial charge on any atom is 0.254 e. The Hall–Kier alpha value is -1.91. The van der Waals surface area contributed by atoms with E-state index >= 15 is 0 Å². The van der Waals surface area contributed by atoms with Crippen molar-refractivity contribution in [2.24, 2.45) is 0 Å². The van der Waals surface area contributed by atoms with E-state index in [9.17, 15) is 9.59 Å². The minimum absolute atomic E-state index is 0.163. The molecule has 0 unspecified atom stereocenters. The van der Waals surface area contributed by atoms with Crippen LogP contribution in [-0.4, -0.2) is 21.6 Å². The van der Waals surface area contributed by atoms with Crippen LogP contribution < -0.4 is 5.32 Å². The second kappa shape index (κ2) is 3.68. The standard InChI is InChI=1S/C10H11N3O2/c1-2-13-6-7(5-11-13)3-8-4-9(14)12-10(8)15/h3,5-6H,2,4H2,1H3,(H,12,14,15)/b8-3-. The normalized spacial score (nSPS) is 18.6. The van der Waals surface area contributed by atoms with Gasteiger partial charge in [-0.2, -0.15) is 5.10 Å². The van der Waals surface area contributed by atoms with Crippen LogP contribution in [0, 0.1) is 0 Å². The lowest BCUT2D eigenvalue weighted by Gasteiger charge is -1.91. The fraction of sp³-hybridized carbons (Fsp3) is 0.300. The predicted molar refractivity (Wildman–Crippen MR) is 53.6 cm³/mol. The third-order valence-electron chi connectivity index (χ3n) is 2.21. The summed E-state index contributed by atoms with van der Waals surface area (Å²) in [6.45, 7) is 2.77. The largest absolute Gasteiger partial charge is 0.292 e. The van der Waals surface area contributed by atoms with Gasteiger partial charge in [0.2, 0.25) is 5.91 Å². The topological polar surface area (TPSA) is 64.0 Å². The molecule has 2 rings (SSSR count). The van der Waals surface area contributed by atoms with Crippen molar-refractivity contribution in [2.45, 2.75) is 19.9 Å². The minimum Gasteiger partial charge on any atom is -0.292 e. The first-order valence-electron chi connectivity index (χ1n) is 4.76. The van der Waals surface area contributed by atoms with Gasteiger partial charge in [-0.15, -0.1) is 0 Å². The summed E-state index contributed by atoms with van der Waals surface area (Å²) in [6.07, 6.45) is 5.37. The van der Waals surface area contributed by atoms with Gasteiger partial charge in [0.25, 0.3) is 5.91 Å². The molecule has 1 saturated heterocycles. The Morgan fingerprint density at radius 3 is 2.93 bits per heavy atom. The maximum absolute atomic E-state index is 11.2. The number of aryl methyl sites for hydroxylation is 1. The summed E-state index contributed by atoms with van der Waals surface area (Å²) >= 11 is 0. The van der Waals surface area contributed by atoms with Crippen LogP contribution in [0.5, 0.6) is 0 Å². The molecule has 0 aromatic carbocycles. The quantitative estimate of drug-likeness (QED) is 0.559. The van der Waals surface area contributed by atoms with Crippen LogP contribution in [0.1, 0.15) is 18.9 Å². The summed E-state index contributed by atoms with van der Waals surface area (Å²) in [5.74, 6) is -0.543. The summed E-state index contributed by atoms with van der Waals surface area (Å²) in [7, 11) is 0. The highest BCUT2D eigenvalue weighted by atomic mass is 16.2. The number of imide groups is 1. The SMILES string of the molecule is CCn1cc(/C=C2/CC(=O)NC2=O)cn1. The Labute approximate surface area is 86.8 Å². The molecule has 15 heavy (non-hydrogen) atoms. The van der Waals surface area contributed by atoms with Gasteiger partial charge in [0, 0.05) is 23.9 Å². The summed E-state index contributed by atoms with van der Waals surface area (Å²) in [6, 6.07) is 0. The van der Waals surface area contributed by atoms with E-state index in [0.29, 0.717) is 5.57 Å². The van der Waals surface area contributed by atoms with Gasteiger partial charge < -0.3 is 0 Å². The summed E-state index contributed by atoms with van der Waals surface area (Å²) < 4.78 is 1.76. The zero-order chi connectivity index (χ0) is 10.8. The minimum atomic E-state index is -0.302. The van der Waals surface area contributed by atoms with Crippen molar-refractivity contribution in [3.8, 4) is 0 Å². The van der Waals surface area contributed by atoms with Crippen LogP contribution in [0.25, 0.3) is 6.08 Å². The molecule has 78 valence electrons. The number of nitrogens with zero attached hydrogens (tertiary/aromatic N) is 2. The second-order valence-electron chi connectivity index (χ2n) is 3.35. The lowest BCUT2D eigenvalue weighted by atomic mass is 10.1. The molecule has 1 N–H and O–H groups in total. The predicted octanol–water partition coefficient (Wildman–Crippen LogP) is 0.333. The van der Waals surface area contributed by atoms with Crippen LogP contribution in [0.15, 0.2) is 18.0 Å². The van der Waals surface area contributed by atoms with E-state index < -0.39 is 0 Å². The van der Waals surface area contributed by atoms with E-state index in [1.165, 1.54) is 0 Å². The Bertz CT molecular complexity index is 445. The second-order valence-corrected chi connectivity index (χ2v) is 3.35. The van der Waals surface area contributed by atoms with Crippen LogP contribution in [0.3, 0.4) is 0 Å². The number of hydrogen-bond acceptors (Lipinski definition) is 3. The van der Waals surface area contributed by atoms with E-state index in [1.54, 1.807) is 17.0 Å². The van der Waals surface area contributed by atoms with E-state index in [1.807, 2.05) is 13.1 Å². The first-order chi connectivity index (χ1) is 7.19. The number of carbonyl (C=O) groups is 2. The van der Waals surface area contributed by atoms with E-state index in [0.717, 1.165) is 12.1 Å². The molecule has 2 heterocycles. The summed E-state index contributed by atoms with van der Waals surface area (Å²) in [5.41, 5.74) is 1.34. The van der Waals surface area contributed by atoms with Gasteiger partial charge in [-0.05, 0) is 13.0 Å². The molecule has 0 bridgehead atoms. The molecule has 0 saturated carbocycles. The molecular formula is C10H11N3O2. The Morgan fingerprint density at radius 1 is 1.60 bits per heavy atom. The third-order valence-corrected chi connectivity index (χ3v) is 2.21. The van der Waals surface area contributed by atoms with Crippen molar-refractivity contribution in [1.82, 2.24) is 15.1 Å². The fourth-order valence-electron chi connectivity index (χ4n) is 1.45. The molecule has 0 spiro atoms. The number of aromatic nitrogens is 2. The van der Waals surface area contributed by atoms with E-state index in [2.05, 4.69) is 10.4 Å². The Balaban J connectivity index is 2.22. The van der Waals surface area contributed by atoms with Crippen molar-refractivity contribution in [2.75, 3.05) is 0 Å². The van der Waals surface area contributed by atoms with Gasteiger partial charge in [-0.1, -0.05) is 0 Å². The van der Waals surface area contributed by atoms with E-state index in [4.69, 9.17) is 0 Å². The van der Waals surface area contributed by atoms with Gasteiger partial charge in [-0.3, -0.25) is 19.6 Å². The van der Waals surface area contributed by atoms with Crippen molar-refractivity contribution >= 4 is 17.9 Å². The lowest BCUT2D eigenvalue weighted by molar-refractivity contribution is -0.124. The third kappa shape index (κ3) is 1.96. The highest BCUT2D eigenvalue weighted by Crippen LogP contribution is 2.13. The number of nitrogens with one attached hydrogen (secondary N) is 1. The lowest BCUT2D eigenvalue weighted by Crippen LogP contribution is -2.19. The van der Waals surface area contributed by atoms with Crippen LogP contribution in [0.4, 0.5) is 0 Å². The van der Waals surface area contributed by atoms with Crippen LogP contribution >= 0.6 is 0 Å². The first-order valence-corrected chi connectivity index (χ1v) is 4.76. The zero-order valence-electron chi connectivity index (χ0n) is 8.36. The highest BCUT2D eigenvalue weighted by Gasteiger charge is 2.23. The van der Waals surface area contributed by atoms with Crippen molar-refractivity contribution in [3.05, 3.63) is 23.5 Å². The molecule has 0 atom stereocenters. The Kier molecular flexibility index (Phi) is 2.37. The first kappa shape index (κ1) is 9.64. The number of carbonyl (C=O) groups excluding carboxylic acids is 2. The Morgan fingerprint density at radius 2 is 2.40 bits per heavy atom. The molecule has 1 aliphatic heterocycles. The maximum atomic E-state index is 11.2. The molecule has 0 aliphatic carbocycles. The summed E-state index contributed by atoms with van der Waals surface area (Å²) in [5, 5.41) is 6.31. The molecule has 1 aromatic rings. The molecule has 2 amide bonds. The van der Waals surface area contributed by atoms with Gasteiger partial charge in [0.15, 0.2) is 0 Å². The monoisotopic (exact) mass is 205 g/mol. The van der Waals surface area contributed by atoms with Crippen LogP contribution in [-0.2, 0) is 16.1 Å². The molecule has 1 aromatic heterocycles. The summed E-state index contributed by atoms with van der Waals surface area (Å²) in [4.78, 5) is 22.2. The zero-order valence-corrected chi connectivity index (χ0v) is 8.36. The van der Waals surface area contributed by atoms with Gasteiger partial charge in [0.05, 0.1) is 12.6 Å². The van der Waals surface area contributed by atoms with Gasteiger partial charge in [0.1, 0.15) is 0 Å². The van der Waals surface area contributed by atoms with Crippen molar-refractivity contribution in [1.29, 1.82) is 0 Å². The van der Waals surface area contributed by atoms with Gasteiger partial charge in [-0.25, -0.2) is 0 Å². The number of rotatable bonds is 2. The molecule has 5 nitrogen and oxygen atoms in total. The average Bonchev–Trinajstić information content (AvgIpc) is 2.75. The molecule has 5 heteroatoms. The fourth-order valence-corrected chi connectivity index (χ4v) is 1.45. The number of amides is 2. The number of hydrogen-bond donors (Lipinski definition) is 1. The van der Waals surface area contributed by atoms with E-state index in [-0.39, 0.29) is 18.2 Å². The molecule has 0 radical (unpaired) electrons. The molecule has 1 fully saturated rings. The van der Waals surface area contributed by atoms with Crippen molar-refractivity contribution < 1.29 is 9.59 Å². The highest BCUT2D eigenvalue weighted by molar-refractivity contribution is 6.15. The smallest absolute Gasteiger partial charge is 0.254 e. The average molecular weight is 205 g/mol.